The molecule has 0 aliphatic carbocycles. The maximum absolute atomic E-state index is 10.5. The Hall–Kier alpha value is -3.06. The van der Waals surface area contributed by atoms with Gasteiger partial charge in [-0.3, -0.25) is 0 Å². The van der Waals surface area contributed by atoms with Crippen molar-refractivity contribution in [2.75, 3.05) is 33.7 Å². The molecule has 7 N–H and O–H groups in total. The Bertz CT molecular complexity index is 1480. The Morgan fingerprint density at radius 3 is 2.20 bits per heavy atom. The van der Waals surface area contributed by atoms with Crippen LogP contribution in [0.4, 0.5) is 0 Å². The van der Waals surface area contributed by atoms with Crippen LogP contribution >= 0.6 is 0 Å². The van der Waals surface area contributed by atoms with E-state index in [9.17, 15) is 35.7 Å². The first-order valence-electron chi connectivity index (χ1n) is 14.9. The highest BCUT2D eigenvalue weighted by Crippen LogP contribution is 2.39. The topological polar surface area (TPSA) is 219 Å². The molecule has 2 saturated heterocycles. The number of hydrogen-bond acceptors (Lipinski definition) is 15. The summed E-state index contributed by atoms with van der Waals surface area (Å²) in [5.41, 5.74) is 2.36. The number of rotatable bonds is 11. The summed E-state index contributed by atoms with van der Waals surface area (Å²) in [6.45, 7) is -0.779. The number of aliphatic hydroxyl groups excluding tert-OH is 7. The normalized spacial score (nSPS) is 32.6. The Labute approximate surface area is 263 Å². The first-order chi connectivity index (χ1) is 22.2. The van der Waals surface area contributed by atoms with Crippen LogP contribution < -0.4 is 14.2 Å². The van der Waals surface area contributed by atoms with Crippen molar-refractivity contribution in [3.63, 3.8) is 0 Å². The average Bonchev–Trinajstić information content (AvgIpc) is 3.72. The van der Waals surface area contributed by atoms with Crippen LogP contribution in [-0.2, 0) is 25.4 Å². The van der Waals surface area contributed by atoms with Gasteiger partial charge in [0.15, 0.2) is 35.4 Å². The Balaban J connectivity index is 1.05. The molecule has 0 amide bonds. The Kier molecular flexibility index (Phi) is 9.98. The van der Waals surface area contributed by atoms with Gasteiger partial charge in [0, 0.05) is 10.9 Å². The number of aliphatic hydroxyl groups is 7. The van der Waals surface area contributed by atoms with Crippen LogP contribution in [0.25, 0.3) is 22.3 Å². The molecule has 15 heteroatoms. The molecule has 15 nitrogen and oxygen atoms in total. The highest BCUT2D eigenvalue weighted by atomic mass is 16.7. The number of ether oxygens (including phenoxy) is 7. The van der Waals surface area contributed by atoms with Crippen LogP contribution in [0.5, 0.6) is 17.2 Å². The molecule has 2 aromatic carbocycles. The van der Waals surface area contributed by atoms with Gasteiger partial charge in [-0.1, -0.05) is 0 Å². The lowest BCUT2D eigenvalue weighted by Crippen LogP contribution is -2.61. The van der Waals surface area contributed by atoms with E-state index >= 15 is 0 Å². The molecule has 0 saturated carbocycles. The van der Waals surface area contributed by atoms with Gasteiger partial charge in [-0.05, 0) is 54.8 Å². The first-order valence-corrected chi connectivity index (χ1v) is 14.9. The smallest absolute Gasteiger partial charge is 0.231 e. The second-order valence-electron chi connectivity index (χ2n) is 11.4. The number of aryl methyl sites for hydroxylation is 1. The minimum absolute atomic E-state index is 0.124. The van der Waals surface area contributed by atoms with Gasteiger partial charge in [-0.2, -0.15) is 0 Å². The Morgan fingerprint density at radius 2 is 1.46 bits per heavy atom. The Morgan fingerprint density at radius 1 is 0.761 bits per heavy atom. The molecule has 3 aliphatic rings. The first kappa shape index (κ1) is 32.9. The van der Waals surface area contributed by atoms with Crippen molar-refractivity contribution < 1.29 is 73.3 Å². The number of furan rings is 1. The average molecular weight is 651 g/mol. The van der Waals surface area contributed by atoms with Gasteiger partial charge in [0.05, 0.1) is 26.9 Å². The molecule has 0 radical (unpaired) electrons. The molecule has 3 aromatic rings. The predicted octanol–water partition coefficient (Wildman–Crippen LogP) is -0.590. The van der Waals surface area contributed by atoms with E-state index in [4.69, 9.17) is 37.6 Å². The second-order valence-corrected chi connectivity index (χ2v) is 11.4. The van der Waals surface area contributed by atoms with E-state index in [0.717, 1.165) is 16.5 Å². The van der Waals surface area contributed by atoms with E-state index in [1.165, 1.54) is 0 Å². The molecule has 46 heavy (non-hydrogen) atoms. The van der Waals surface area contributed by atoms with Crippen LogP contribution in [0.3, 0.4) is 0 Å². The van der Waals surface area contributed by atoms with Crippen molar-refractivity contribution in [2.45, 2.75) is 74.3 Å². The number of hydrogen-bond donors (Lipinski definition) is 7. The zero-order chi connectivity index (χ0) is 32.5. The van der Waals surface area contributed by atoms with Crippen molar-refractivity contribution in [1.29, 1.82) is 0 Å². The summed E-state index contributed by atoms with van der Waals surface area (Å²) >= 11 is 0. The zero-order valence-electron chi connectivity index (χ0n) is 24.9. The number of methoxy groups -OCH3 is 1. The summed E-state index contributed by atoms with van der Waals surface area (Å²) < 4.78 is 44.7. The van der Waals surface area contributed by atoms with Crippen LogP contribution in [0.2, 0.25) is 0 Å². The third-order valence-electron chi connectivity index (χ3n) is 8.35. The SMILES string of the molecule is COc1cc(CCCO[C@@H]2O[C@H](CO[C@@H]3O[C@H](CO)[C@@H](O)[C@H](O)[C@H]3O)[C@@H](O)[C@H](O)[C@H]2O)cc2cc(-c3ccc4c(c3)OCO4)oc12. The van der Waals surface area contributed by atoms with Crippen molar-refractivity contribution in [2.24, 2.45) is 0 Å². The largest absolute Gasteiger partial charge is 0.493 e. The number of benzene rings is 2. The molecule has 0 spiro atoms. The molecular weight excluding hydrogens is 612 g/mol. The van der Waals surface area contributed by atoms with E-state index in [1.54, 1.807) is 7.11 Å². The molecular formula is C31H38O15. The minimum Gasteiger partial charge on any atom is -0.493 e. The minimum atomic E-state index is -1.66. The van der Waals surface area contributed by atoms with Gasteiger partial charge < -0.3 is 73.3 Å². The molecule has 3 aliphatic heterocycles. The molecule has 4 heterocycles. The molecule has 0 unspecified atom stereocenters. The zero-order valence-corrected chi connectivity index (χ0v) is 24.9. The predicted molar refractivity (Wildman–Crippen MR) is 155 cm³/mol. The fourth-order valence-corrected chi connectivity index (χ4v) is 5.73. The lowest BCUT2D eigenvalue weighted by molar-refractivity contribution is -0.331. The summed E-state index contributed by atoms with van der Waals surface area (Å²) in [5, 5.41) is 71.7. The van der Waals surface area contributed by atoms with Crippen LogP contribution in [0, 0.1) is 0 Å². The monoisotopic (exact) mass is 650 g/mol. The van der Waals surface area contributed by atoms with Gasteiger partial charge in [-0.25, -0.2) is 0 Å². The molecule has 0 bridgehead atoms. The van der Waals surface area contributed by atoms with E-state index in [2.05, 4.69) is 0 Å². The maximum atomic E-state index is 10.5. The van der Waals surface area contributed by atoms with Gasteiger partial charge >= 0.3 is 0 Å². The van der Waals surface area contributed by atoms with Crippen molar-refractivity contribution in [3.05, 3.63) is 42.0 Å². The molecule has 10 atom stereocenters. The molecule has 2 fully saturated rings. The van der Waals surface area contributed by atoms with E-state index in [0.29, 0.717) is 41.4 Å². The highest BCUT2D eigenvalue weighted by Gasteiger charge is 2.47. The summed E-state index contributed by atoms with van der Waals surface area (Å²) in [5.74, 6) is 2.52. The van der Waals surface area contributed by atoms with Crippen LogP contribution in [-0.4, -0.2) is 131 Å². The molecule has 1 aromatic heterocycles. The number of fused-ring (bicyclic) bond motifs is 2. The van der Waals surface area contributed by atoms with E-state index in [-0.39, 0.29) is 13.4 Å². The summed E-state index contributed by atoms with van der Waals surface area (Å²) in [4.78, 5) is 0. The van der Waals surface area contributed by atoms with Gasteiger partial charge in [0.2, 0.25) is 6.79 Å². The fourth-order valence-electron chi connectivity index (χ4n) is 5.73. The second kappa shape index (κ2) is 14.0. The van der Waals surface area contributed by atoms with Gasteiger partial charge in [0.1, 0.15) is 54.6 Å². The highest BCUT2D eigenvalue weighted by molar-refractivity contribution is 5.88. The lowest BCUT2D eigenvalue weighted by atomic mass is 9.98. The third kappa shape index (κ3) is 6.54. The molecule has 6 rings (SSSR count). The quantitative estimate of drug-likeness (QED) is 0.129. The van der Waals surface area contributed by atoms with E-state index < -0.39 is 74.6 Å². The fraction of sp³-hybridized carbons (Fsp3) is 0.548. The lowest BCUT2D eigenvalue weighted by Gasteiger charge is -2.42. The summed E-state index contributed by atoms with van der Waals surface area (Å²) in [6, 6.07) is 11.3. The van der Waals surface area contributed by atoms with Crippen LogP contribution in [0.15, 0.2) is 40.8 Å². The summed E-state index contributed by atoms with van der Waals surface area (Å²) in [7, 11) is 1.56. The maximum Gasteiger partial charge on any atom is 0.231 e. The summed E-state index contributed by atoms with van der Waals surface area (Å²) in [6.07, 6.45) is -13.7. The van der Waals surface area contributed by atoms with Gasteiger partial charge in [-0.15, -0.1) is 0 Å². The molecule has 252 valence electrons. The van der Waals surface area contributed by atoms with Crippen LogP contribution in [0.1, 0.15) is 12.0 Å². The van der Waals surface area contributed by atoms with Crippen molar-refractivity contribution in [3.8, 4) is 28.6 Å². The standard InChI is InChI=1S/C31H38O15/c1-39-20-8-14(7-16-10-18(44-29(16)20)15-4-5-17-19(9-15)43-13-42-17)3-2-6-40-30-27(37)26(36)24(34)22(46-30)12-41-31-28(38)25(35)23(33)21(11-32)45-31/h4-5,7-10,21-28,30-38H,2-3,6,11-13H2,1H3/t21-,22-,23-,24-,25+,26+,27-,28-,30-,31-/m1/s1. The van der Waals surface area contributed by atoms with Crippen molar-refractivity contribution in [1.82, 2.24) is 0 Å². The third-order valence-corrected chi connectivity index (χ3v) is 8.35. The van der Waals surface area contributed by atoms with Crippen molar-refractivity contribution >= 4 is 11.0 Å². The van der Waals surface area contributed by atoms with E-state index in [1.807, 2.05) is 36.4 Å². The van der Waals surface area contributed by atoms with Gasteiger partial charge in [0.25, 0.3) is 0 Å².